The SMILES string of the molecule is Cc1nn(C)c(C)c1CNCCN1CCN(c2ncccn2)CC1. The molecule has 2 aromatic rings. The molecule has 0 aromatic carbocycles. The van der Waals surface area contributed by atoms with Crippen LogP contribution in [0.4, 0.5) is 5.95 Å². The summed E-state index contributed by atoms with van der Waals surface area (Å²) in [6, 6.07) is 1.86. The third-order valence-electron chi connectivity index (χ3n) is 4.77. The van der Waals surface area contributed by atoms with Crippen LogP contribution in [0.15, 0.2) is 18.5 Å². The van der Waals surface area contributed by atoms with Crippen LogP contribution in [0.3, 0.4) is 0 Å². The van der Waals surface area contributed by atoms with E-state index in [1.54, 1.807) is 12.4 Å². The normalized spacial score (nSPS) is 15.9. The highest BCUT2D eigenvalue weighted by atomic mass is 15.3. The summed E-state index contributed by atoms with van der Waals surface area (Å²) >= 11 is 0. The molecule has 0 atom stereocenters. The van der Waals surface area contributed by atoms with Gasteiger partial charge in [0.2, 0.25) is 5.95 Å². The Bertz CT molecular complexity index is 644. The van der Waals surface area contributed by atoms with Gasteiger partial charge >= 0.3 is 0 Å². The van der Waals surface area contributed by atoms with E-state index in [-0.39, 0.29) is 0 Å². The summed E-state index contributed by atoms with van der Waals surface area (Å²) in [5.74, 6) is 0.845. The largest absolute Gasteiger partial charge is 0.338 e. The van der Waals surface area contributed by atoms with Crippen LogP contribution >= 0.6 is 0 Å². The minimum absolute atomic E-state index is 0.845. The standard InChI is InChI=1S/C17H27N7/c1-14-16(15(2)22(3)21-14)13-18-7-8-23-9-11-24(12-10-23)17-19-5-4-6-20-17/h4-6,18H,7-13H2,1-3H3. The maximum absolute atomic E-state index is 4.47. The van der Waals surface area contributed by atoms with Crippen molar-refractivity contribution in [2.75, 3.05) is 44.2 Å². The fourth-order valence-electron chi connectivity index (χ4n) is 3.15. The Morgan fingerprint density at radius 1 is 1.08 bits per heavy atom. The van der Waals surface area contributed by atoms with E-state index in [4.69, 9.17) is 0 Å². The average molecular weight is 329 g/mol. The number of nitrogens with zero attached hydrogens (tertiary/aromatic N) is 6. The lowest BCUT2D eigenvalue weighted by atomic mass is 10.2. The molecule has 0 saturated carbocycles. The van der Waals surface area contributed by atoms with Crippen molar-refractivity contribution in [2.45, 2.75) is 20.4 Å². The topological polar surface area (TPSA) is 62.1 Å². The van der Waals surface area contributed by atoms with Crippen LogP contribution in [0.2, 0.25) is 0 Å². The summed E-state index contributed by atoms with van der Waals surface area (Å²) in [6.45, 7) is 11.3. The van der Waals surface area contributed by atoms with Gasteiger partial charge in [0.1, 0.15) is 0 Å². The molecule has 7 heteroatoms. The monoisotopic (exact) mass is 329 g/mol. The van der Waals surface area contributed by atoms with Crippen molar-refractivity contribution in [1.82, 2.24) is 30.0 Å². The highest BCUT2D eigenvalue weighted by Gasteiger charge is 2.18. The lowest BCUT2D eigenvalue weighted by Gasteiger charge is -2.34. The summed E-state index contributed by atoms with van der Waals surface area (Å²) in [6.07, 6.45) is 3.61. The van der Waals surface area contributed by atoms with E-state index < -0.39 is 0 Å². The maximum Gasteiger partial charge on any atom is 0.225 e. The van der Waals surface area contributed by atoms with Crippen molar-refractivity contribution in [1.29, 1.82) is 0 Å². The molecule has 0 bridgehead atoms. The summed E-state index contributed by atoms with van der Waals surface area (Å²) < 4.78 is 1.96. The van der Waals surface area contributed by atoms with Gasteiger partial charge in [0.05, 0.1) is 5.69 Å². The summed E-state index contributed by atoms with van der Waals surface area (Å²) in [4.78, 5) is 13.4. The Morgan fingerprint density at radius 3 is 2.42 bits per heavy atom. The van der Waals surface area contributed by atoms with Gasteiger partial charge in [-0.2, -0.15) is 5.10 Å². The van der Waals surface area contributed by atoms with Gasteiger partial charge in [-0.1, -0.05) is 0 Å². The second-order valence-corrected chi connectivity index (χ2v) is 6.33. The minimum Gasteiger partial charge on any atom is -0.338 e. The molecule has 1 aliphatic rings. The van der Waals surface area contributed by atoms with Gasteiger partial charge in [0.15, 0.2) is 0 Å². The number of nitrogens with one attached hydrogen (secondary N) is 1. The van der Waals surface area contributed by atoms with Crippen LogP contribution in [0.5, 0.6) is 0 Å². The zero-order chi connectivity index (χ0) is 16.9. The second-order valence-electron chi connectivity index (χ2n) is 6.33. The van der Waals surface area contributed by atoms with Crippen molar-refractivity contribution in [3.8, 4) is 0 Å². The van der Waals surface area contributed by atoms with Gasteiger partial charge < -0.3 is 10.2 Å². The quantitative estimate of drug-likeness (QED) is 0.789. The van der Waals surface area contributed by atoms with E-state index in [9.17, 15) is 0 Å². The summed E-state index contributed by atoms with van der Waals surface area (Å²) in [7, 11) is 2.00. The van der Waals surface area contributed by atoms with Gasteiger partial charge in [0.25, 0.3) is 0 Å². The molecule has 0 aliphatic carbocycles. The molecule has 3 rings (SSSR count). The Balaban J connectivity index is 1.38. The molecule has 1 aliphatic heterocycles. The molecule has 1 fully saturated rings. The maximum atomic E-state index is 4.47. The van der Waals surface area contributed by atoms with Crippen LogP contribution < -0.4 is 10.2 Å². The molecule has 24 heavy (non-hydrogen) atoms. The van der Waals surface area contributed by atoms with E-state index in [1.807, 2.05) is 17.8 Å². The van der Waals surface area contributed by atoms with Crippen molar-refractivity contribution in [2.24, 2.45) is 7.05 Å². The van der Waals surface area contributed by atoms with Gasteiger partial charge in [-0.25, -0.2) is 9.97 Å². The highest BCUT2D eigenvalue weighted by molar-refractivity contribution is 5.29. The number of piperazine rings is 1. The lowest BCUT2D eigenvalue weighted by Crippen LogP contribution is -2.48. The van der Waals surface area contributed by atoms with Crippen LogP contribution in [0.25, 0.3) is 0 Å². The number of anilines is 1. The van der Waals surface area contributed by atoms with Gasteiger partial charge in [0, 0.05) is 76.5 Å². The first kappa shape index (κ1) is 16.9. The van der Waals surface area contributed by atoms with Gasteiger partial charge in [-0.15, -0.1) is 0 Å². The Kier molecular flexibility index (Phi) is 5.42. The van der Waals surface area contributed by atoms with E-state index in [1.165, 1.54) is 11.3 Å². The summed E-state index contributed by atoms with van der Waals surface area (Å²) in [5.41, 5.74) is 3.69. The molecular weight excluding hydrogens is 302 g/mol. The van der Waals surface area contributed by atoms with Crippen LogP contribution in [-0.4, -0.2) is 63.9 Å². The first-order chi connectivity index (χ1) is 11.6. The van der Waals surface area contributed by atoms with Crippen molar-refractivity contribution < 1.29 is 0 Å². The molecular formula is C17H27N7. The average Bonchev–Trinajstić information content (AvgIpc) is 2.85. The van der Waals surface area contributed by atoms with E-state index >= 15 is 0 Å². The molecule has 0 unspecified atom stereocenters. The van der Waals surface area contributed by atoms with E-state index in [2.05, 4.69) is 44.0 Å². The van der Waals surface area contributed by atoms with Gasteiger partial charge in [-0.05, 0) is 19.9 Å². The smallest absolute Gasteiger partial charge is 0.225 e. The predicted molar refractivity (Wildman–Crippen MR) is 95.1 cm³/mol. The molecule has 0 amide bonds. The molecule has 7 nitrogen and oxygen atoms in total. The number of aryl methyl sites for hydroxylation is 2. The van der Waals surface area contributed by atoms with Crippen LogP contribution in [0.1, 0.15) is 17.0 Å². The second kappa shape index (κ2) is 7.72. The number of rotatable bonds is 6. The fourth-order valence-corrected chi connectivity index (χ4v) is 3.15. The Labute approximate surface area is 143 Å². The minimum atomic E-state index is 0.845. The third kappa shape index (κ3) is 3.91. The Hall–Kier alpha value is -1.99. The highest BCUT2D eigenvalue weighted by Crippen LogP contribution is 2.11. The van der Waals surface area contributed by atoms with Crippen LogP contribution in [0, 0.1) is 13.8 Å². The number of aromatic nitrogens is 4. The summed E-state index contributed by atoms with van der Waals surface area (Å²) in [5, 5.41) is 8.02. The molecule has 1 saturated heterocycles. The number of hydrogen-bond acceptors (Lipinski definition) is 6. The van der Waals surface area contributed by atoms with Crippen LogP contribution in [-0.2, 0) is 13.6 Å². The third-order valence-corrected chi connectivity index (χ3v) is 4.77. The van der Waals surface area contributed by atoms with Gasteiger partial charge in [-0.3, -0.25) is 9.58 Å². The molecule has 3 heterocycles. The lowest BCUT2D eigenvalue weighted by molar-refractivity contribution is 0.256. The zero-order valence-electron chi connectivity index (χ0n) is 14.9. The zero-order valence-corrected chi connectivity index (χ0v) is 14.9. The first-order valence-corrected chi connectivity index (χ1v) is 8.59. The Morgan fingerprint density at radius 2 is 1.79 bits per heavy atom. The van der Waals surface area contributed by atoms with Crippen molar-refractivity contribution in [3.63, 3.8) is 0 Å². The molecule has 2 aromatic heterocycles. The number of hydrogen-bond donors (Lipinski definition) is 1. The fraction of sp³-hybridized carbons (Fsp3) is 0.588. The molecule has 0 spiro atoms. The van der Waals surface area contributed by atoms with E-state index in [0.29, 0.717) is 0 Å². The predicted octanol–water partition coefficient (Wildman–Crippen LogP) is 0.739. The first-order valence-electron chi connectivity index (χ1n) is 8.59. The van der Waals surface area contributed by atoms with E-state index in [0.717, 1.165) is 57.5 Å². The molecule has 0 radical (unpaired) electrons. The molecule has 1 N–H and O–H groups in total. The van der Waals surface area contributed by atoms with Crippen molar-refractivity contribution >= 4 is 5.95 Å². The molecule has 130 valence electrons. The van der Waals surface area contributed by atoms with Crippen molar-refractivity contribution in [3.05, 3.63) is 35.4 Å².